The quantitative estimate of drug-likeness (QED) is 0.133. The van der Waals surface area contributed by atoms with E-state index < -0.39 is 64.0 Å². The van der Waals surface area contributed by atoms with Gasteiger partial charge in [-0.3, -0.25) is 0 Å². The van der Waals surface area contributed by atoms with E-state index in [9.17, 15) is 61.5 Å². The van der Waals surface area contributed by atoms with E-state index in [1.165, 1.54) is 93.6 Å². The third-order valence-electron chi connectivity index (χ3n) is 8.96. The zero-order chi connectivity index (χ0) is 54.8. The highest BCUT2D eigenvalue weighted by atomic mass is 35.5. The van der Waals surface area contributed by atoms with Crippen molar-refractivity contribution < 1.29 is 61.5 Å². The average molecular weight is 1060 g/mol. The summed E-state index contributed by atoms with van der Waals surface area (Å²) in [6.45, 7) is 12.8. The van der Waals surface area contributed by atoms with Crippen molar-refractivity contribution in [1.29, 1.82) is 0 Å². The van der Waals surface area contributed by atoms with Crippen molar-refractivity contribution in [2.24, 2.45) is 0 Å². The Bertz CT molecular complexity index is 2520. The van der Waals surface area contributed by atoms with Gasteiger partial charge in [-0.05, 0) is 179 Å². The van der Waals surface area contributed by atoms with Gasteiger partial charge in [-0.1, -0.05) is 71.7 Å². The van der Waals surface area contributed by atoms with Crippen LogP contribution in [0.4, 0.5) is 61.5 Å². The van der Waals surface area contributed by atoms with Gasteiger partial charge < -0.3 is 0 Å². The third-order valence-corrected chi connectivity index (χ3v) is 9.49. The molecule has 0 nitrogen and oxygen atoms in total. The Morgan fingerprint density at radius 2 is 0.722 bits per heavy atom. The monoisotopic (exact) mass is 1060 g/mol. The summed E-state index contributed by atoms with van der Waals surface area (Å²) in [6, 6.07) is 31.6. The van der Waals surface area contributed by atoms with Crippen molar-refractivity contribution >= 4 is 23.2 Å². The van der Waals surface area contributed by atoms with E-state index in [2.05, 4.69) is 0 Å². The van der Waals surface area contributed by atoms with Gasteiger partial charge >= 0.3 is 0 Å². The number of hydrogen-bond donors (Lipinski definition) is 0. The van der Waals surface area contributed by atoms with Gasteiger partial charge in [-0.25, -0.2) is 61.5 Å². The molecule has 0 unspecified atom stereocenters. The maximum Gasteiger partial charge on any atom is 0.161 e. The van der Waals surface area contributed by atoms with Gasteiger partial charge in [0, 0.05) is 22.7 Å². The Balaban J connectivity index is 0.000000411. The molecule has 0 atom stereocenters. The molecule has 0 radical (unpaired) electrons. The minimum atomic E-state index is -0.791. The van der Waals surface area contributed by atoms with Crippen LogP contribution in [0.5, 0.6) is 0 Å². The van der Waals surface area contributed by atoms with Crippen LogP contribution in [0.1, 0.15) is 44.5 Å². The molecule has 0 aliphatic heterocycles. The van der Waals surface area contributed by atoms with E-state index in [0.29, 0.717) is 38.4 Å². The fraction of sp³-hybridized carbons (Fsp3) is 0.143. The highest BCUT2D eigenvalue weighted by Crippen LogP contribution is 2.17. The first-order valence-electron chi connectivity index (χ1n) is 20.9. The second kappa shape index (κ2) is 32.4. The topological polar surface area (TPSA) is 0 Å². The lowest BCUT2D eigenvalue weighted by atomic mass is 10.2. The standard InChI is InChI=1S/2C7H6ClF.6C7H6F2/c1-5-2-3-6(8)4-7(5)9;1-5-3-2-4-6(8)7(5)9;1-5-2-6(8)4-7(9)3-5;1-5-4-6(8)2-3-7(5)9;1-5-2-3-6(8)4-7(5)9;1-5-2-3-6(8)7(9)4-5;1-5-6(8)3-2-4-7(5)9;1-5-3-2-4-6(8)7(5)9/h8*2-4H,1H3. The predicted octanol–water partition coefficient (Wildman–Crippen LogP) is 19.2. The molecule has 72 heavy (non-hydrogen) atoms. The molecule has 0 aromatic heterocycles. The fourth-order valence-corrected chi connectivity index (χ4v) is 5.22. The molecule has 0 N–H and O–H groups in total. The van der Waals surface area contributed by atoms with Crippen molar-refractivity contribution in [1.82, 2.24) is 0 Å². The summed E-state index contributed by atoms with van der Waals surface area (Å²) in [5.74, 6) is -7.48. The van der Waals surface area contributed by atoms with Crippen LogP contribution in [0.3, 0.4) is 0 Å². The van der Waals surface area contributed by atoms with Crippen LogP contribution < -0.4 is 0 Å². The maximum absolute atomic E-state index is 12.6. The summed E-state index contributed by atoms with van der Waals surface area (Å²) >= 11 is 10.9. The lowest BCUT2D eigenvalue weighted by Crippen LogP contribution is -1.85. The average Bonchev–Trinajstić information content (AvgIpc) is 3.30. The number of rotatable bonds is 0. The number of benzene rings is 8. The molecular formula is C56H48Cl2F14. The number of aryl methyl sites for hydroxylation is 7. The Labute approximate surface area is 420 Å². The van der Waals surface area contributed by atoms with Crippen LogP contribution in [0.25, 0.3) is 0 Å². The predicted molar refractivity (Wildman–Crippen MR) is 259 cm³/mol. The molecule has 384 valence electrons. The van der Waals surface area contributed by atoms with Gasteiger partial charge in [-0.2, -0.15) is 0 Å². The molecule has 0 saturated heterocycles. The zero-order valence-corrected chi connectivity index (χ0v) is 41.4. The molecular weight excluding hydrogens is 1010 g/mol. The van der Waals surface area contributed by atoms with E-state index in [1.54, 1.807) is 58.9 Å². The third kappa shape index (κ3) is 25.0. The van der Waals surface area contributed by atoms with E-state index in [4.69, 9.17) is 23.2 Å². The first kappa shape index (κ1) is 63.4. The summed E-state index contributed by atoms with van der Waals surface area (Å²) in [7, 11) is 0. The van der Waals surface area contributed by atoms with E-state index >= 15 is 0 Å². The van der Waals surface area contributed by atoms with Gasteiger partial charge in [0.2, 0.25) is 0 Å². The van der Waals surface area contributed by atoms with E-state index in [0.717, 1.165) is 54.1 Å². The van der Waals surface area contributed by atoms with E-state index in [1.807, 2.05) is 0 Å². The lowest BCUT2D eigenvalue weighted by molar-refractivity contribution is 0.503. The molecule has 0 heterocycles. The van der Waals surface area contributed by atoms with Crippen molar-refractivity contribution in [3.8, 4) is 0 Å². The van der Waals surface area contributed by atoms with Crippen LogP contribution in [-0.2, 0) is 0 Å². The van der Waals surface area contributed by atoms with Crippen molar-refractivity contribution in [2.45, 2.75) is 55.4 Å². The lowest BCUT2D eigenvalue weighted by Gasteiger charge is -1.94. The van der Waals surface area contributed by atoms with Crippen molar-refractivity contribution in [3.63, 3.8) is 0 Å². The summed E-state index contributed by atoms with van der Waals surface area (Å²) in [5.41, 5.74) is 3.78. The van der Waals surface area contributed by atoms with Crippen molar-refractivity contribution in [2.75, 3.05) is 0 Å². The normalized spacial score (nSPS) is 9.67. The summed E-state index contributed by atoms with van der Waals surface area (Å²) in [5, 5.41) is 0.633. The second-order valence-electron chi connectivity index (χ2n) is 15.1. The van der Waals surface area contributed by atoms with Gasteiger partial charge in [0.15, 0.2) is 23.3 Å². The van der Waals surface area contributed by atoms with Gasteiger partial charge in [0.25, 0.3) is 0 Å². The molecule has 8 aromatic carbocycles. The molecule has 0 fully saturated rings. The Kier molecular flexibility index (Phi) is 28.5. The molecule has 0 bridgehead atoms. The summed E-state index contributed by atoms with van der Waals surface area (Å²) in [4.78, 5) is 0. The van der Waals surface area contributed by atoms with Crippen LogP contribution in [-0.4, -0.2) is 0 Å². The highest BCUT2D eigenvalue weighted by molar-refractivity contribution is 6.31. The van der Waals surface area contributed by atoms with Crippen LogP contribution in [0, 0.1) is 137 Å². The molecule has 8 aromatic rings. The molecule has 8 rings (SSSR count). The number of hydrogen-bond acceptors (Lipinski definition) is 0. The molecule has 0 spiro atoms. The van der Waals surface area contributed by atoms with Gasteiger partial charge in [0.05, 0.1) is 5.02 Å². The van der Waals surface area contributed by atoms with E-state index in [-0.39, 0.29) is 28.0 Å². The largest absolute Gasteiger partial charge is 0.207 e. The van der Waals surface area contributed by atoms with Gasteiger partial charge in [0.1, 0.15) is 58.2 Å². The number of halogens is 16. The first-order valence-corrected chi connectivity index (χ1v) is 21.7. The highest BCUT2D eigenvalue weighted by Gasteiger charge is 2.03. The minimum absolute atomic E-state index is 0.0810. The summed E-state index contributed by atoms with van der Waals surface area (Å²) in [6.07, 6.45) is 0. The Morgan fingerprint density at radius 3 is 1.11 bits per heavy atom. The Morgan fingerprint density at radius 1 is 0.264 bits per heavy atom. The van der Waals surface area contributed by atoms with Crippen molar-refractivity contribution in [3.05, 3.63) is 282 Å². The molecule has 0 aliphatic carbocycles. The van der Waals surface area contributed by atoms with Crippen LogP contribution in [0.2, 0.25) is 10.0 Å². The van der Waals surface area contributed by atoms with Gasteiger partial charge in [-0.15, -0.1) is 0 Å². The second-order valence-corrected chi connectivity index (χ2v) is 16.0. The smallest absolute Gasteiger partial charge is 0.161 e. The molecule has 16 heteroatoms. The fourth-order valence-electron chi connectivity index (χ4n) is 4.84. The molecule has 0 aliphatic rings. The zero-order valence-electron chi connectivity index (χ0n) is 39.9. The van der Waals surface area contributed by atoms with Crippen LogP contribution in [0.15, 0.2) is 146 Å². The van der Waals surface area contributed by atoms with Crippen LogP contribution >= 0.6 is 23.2 Å². The SMILES string of the molecule is Cc1c(F)cccc1F.Cc1cc(F)cc(F)c1.Cc1cc(F)ccc1F.Cc1ccc(Cl)cc1F.Cc1ccc(F)c(F)c1.Cc1ccc(F)cc1F.Cc1cccc(Cl)c1F.Cc1cccc(F)c1F. The maximum atomic E-state index is 12.6. The summed E-state index contributed by atoms with van der Waals surface area (Å²) < 4.78 is 172. The molecule has 0 amide bonds. The first-order chi connectivity index (χ1) is 33.6. The minimum Gasteiger partial charge on any atom is -0.207 e. The molecule has 0 saturated carbocycles. The Hall–Kier alpha value is -6.64.